The van der Waals surface area contributed by atoms with Crippen molar-refractivity contribution in [2.45, 2.75) is 0 Å². The Bertz CT molecular complexity index is 873. The van der Waals surface area contributed by atoms with Gasteiger partial charge in [0.15, 0.2) is 0 Å². The van der Waals surface area contributed by atoms with Crippen molar-refractivity contribution in [3.63, 3.8) is 0 Å². The van der Waals surface area contributed by atoms with Gasteiger partial charge in [0.1, 0.15) is 11.3 Å². The highest BCUT2D eigenvalue weighted by atomic mass is 35.5. The maximum Gasteiger partial charge on any atom is 0.335 e. The first kappa shape index (κ1) is 16.7. The Morgan fingerprint density at radius 2 is 1.64 bits per heavy atom. The molecular formula is C18H13ClN2O4. The second-order valence-electron chi connectivity index (χ2n) is 5.21. The van der Waals surface area contributed by atoms with E-state index < -0.39 is 17.8 Å². The van der Waals surface area contributed by atoms with Crippen LogP contribution in [0.15, 0.2) is 54.1 Å². The fourth-order valence-corrected chi connectivity index (χ4v) is 2.47. The maximum atomic E-state index is 12.7. The number of carbonyl (C=O) groups excluding carboxylic acids is 3. The molecule has 4 amide bonds. The maximum absolute atomic E-state index is 12.7. The largest absolute Gasteiger partial charge is 0.497 e. The van der Waals surface area contributed by atoms with Crippen LogP contribution < -0.4 is 15.0 Å². The van der Waals surface area contributed by atoms with Crippen molar-refractivity contribution in [2.24, 2.45) is 0 Å². The normalized spacial score (nSPS) is 16.2. The minimum Gasteiger partial charge on any atom is -0.497 e. The summed E-state index contributed by atoms with van der Waals surface area (Å²) in [5.74, 6) is -0.856. The molecule has 25 heavy (non-hydrogen) atoms. The highest BCUT2D eigenvalue weighted by molar-refractivity contribution is 6.39. The number of hydrogen-bond donors (Lipinski definition) is 1. The Balaban J connectivity index is 1.97. The molecule has 0 unspecified atom stereocenters. The number of hydrogen-bond acceptors (Lipinski definition) is 4. The Morgan fingerprint density at radius 1 is 1.00 bits per heavy atom. The van der Waals surface area contributed by atoms with Crippen LogP contribution in [0.4, 0.5) is 10.5 Å². The second kappa shape index (κ2) is 6.78. The van der Waals surface area contributed by atoms with Crippen molar-refractivity contribution in [1.29, 1.82) is 0 Å². The number of methoxy groups -OCH3 is 1. The Labute approximate surface area is 148 Å². The predicted octanol–water partition coefficient (Wildman–Crippen LogP) is 3.02. The Kier molecular flexibility index (Phi) is 4.54. The van der Waals surface area contributed by atoms with Crippen molar-refractivity contribution in [2.75, 3.05) is 12.0 Å². The third-order valence-corrected chi connectivity index (χ3v) is 3.87. The summed E-state index contributed by atoms with van der Waals surface area (Å²) in [6, 6.07) is 12.2. The zero-order valence-corrected chi connectivity index (χ0v) is 13.9. The van der Waals surface area contributed by atoms with Crippen LogP contribution in [0.1, 0.15) is 5.56 Å². The van der Waals surface area contributed by atoms with Crippen LogP contribution in [-0.4, -0.2) is 25.0 Å². The van der Waals surface area contributed by atoms with Crippen LogP contribution >= 0.6 is 11.6 Å². The van der Waals surface area contributed by atoms with Crippen LogP contribution in [0, 0.1) is 0 Å². The van der Waals surface area contributed by atoms with Crippen molar-refractivity contribution in [3.05, 3.63) is 64.7 Å². The van der Waals surface area contributed by atoms with E-state index in [1.165, 1.54) is 13.2 Å². The summed E-state index contributed by atoms with van der Waals surface area (Å²) in [6.45, 7) is 0. The molecule has 1 fully saturated rings. The molecule has 1 aliphatic heterocycles. The zero-order valence-electron chi connectivity index (χ0n) is 13.2. The molecule has 1 heterocycles. The SMILES string of the molecule is COc1ccc(N2C(=O)NC(=O)/C(=C/c3ccc(Cl)cc3)C2=O)cc1. The van der Waals surface area contributed by atoms with Crippen molar-refractivity contribution in [3.8, 4) is 5.75 Å². The van der Waals surface area contributed by atoms with Gasteiger partial charge < -0.3 is 4.74 Å². The minimum absolute atomic E-state index is 0.141. The van der Waals surface area contributed by atoms with Crippen LogP contribution in [0.5, 0.6) is 5.75 Å². The zero-order chi connectivity index (χ0) is 18.0. The molecule has 1 aliphatic rings. The molecule has 6 nitrogen and oxygen atoms in total. The highest BCUT2D eigenvalue weighted by Crippen LogP contribution is 2.24. The lowest BCUT2D eigenvalue weighted by atomic mass is 10.1. The summed E-state index contributed by atoms with van der Waals surface area (Å²) in [6.07, 6.45) is 1.41. The average Bonchev–Trinajstić information content (AvgIpc) is 2.60. The van der Waals surface area contributed by atoms with Gasteiger partial charge in [-0.3, -0.25) is 14.9 Å². The lowest BCUT2D eigenvalue weighted by molar-refractivity contribution is -0.122. The van der Waals surface area contributed by atoms with E-state index in [0.717, 1.165) is 4.90 Å². The number of anilines is 1. The number of nitrogens with one attached hydrogen (secondary N) is 1. The van der Waals surface area contributed by atoms with Gasteiger partial charge in [-0.1, -0.05) is 23.7 Å². The van der Waals surface area contributed by atoms with Gasteiger partial charge in [-0.15, -0.1) is 0 Å². The molecule has 0 aliphatic carbocycles. The predicted molar refractivity (Wildman–Crippen MR) is 93.4 cm³/mol. The Hall–Kier alpha value is -3.12. The quantitative estimate of drug-likeness (QED) is 0.677. The number of amides is 4. The third-order valence-electron chi connectivity index (χ3n) is 3.61. The van der Waals surface area contributed by atoms with E-state index >= 15 is 0 Å². The summed E-state index contributed by atoms with van der Waals surface area (Å²) in [5, 5.41) is 2.71. The lowest BCUT2D eigenvalue weighted by Gasteiger charge is -2.26. The molecule has 1 saturated heterocycles. The van der Waals surface area contributed by atoms with Crippen LogP contribution in [0.3, 0.4) is 0 Å². The topological polar surface area (TPSA) is 75.7 Å². The summed E-state index contributed by atoms with van der Waals surface area (Å²) in [4.78, 5) is 37.8. The van der Waals surface area contributed by atoms with Gasteiger partial charge in [0, 0.05) is 5.02 Å². The molecule has 0 atom stereocenters. The third kappa shape index (κ3) is 3.39. The fraction of sp³-hybridized carbons (Fsp3) is 0.0556. The number of rotatable bonds is 3. The standard InChI is InChI=1S/C18H13ClN2O4/c1-25-14-8-6-13(7-9-14)21-17(23)15(16(22)20-18(21)24)10-11-2-4-12(19)5-3-11/h2-10H,1H3,(H,20,22,24)/b15-10-. The van der Waals surface area contributed by atoms with Gasteiger partial charge >= 0.3 is 6.03 Å². The first-order valence-electron chi connectivity index (χ1n) is 7.30. The van der Waals surface area contributed by atoms with Crippen LogP contribution in [0.25, 0.3) is 6.08 Å². The van der Waals surface area contributed by atoms with Gasteiger partial charge in [0.25, 0.3) is 11.8 Å². The number of imide groups is 2. The molecule has 3 rings (SSSR count). The summed E-state index contributed by atoms with van der Waals surface area (Å²) in [5.41, 5.74) is 0.808. The molecule has 0 radical (unpaired) electrons. The monoisotopic (exact) mass is 356 g/mol. The molecule has 0 aromatic heterocycles. The summed E-state index contributed by atoms with van der Waals surface area (Å²) >= 11 is 5.83. The number of halogens is 1. The number of urea groups is 1. The first-order chi connectivity index (χ1) is 12.0. The number of carbonyl (C=O) groups is 3. The molecule has 1 N–H and O–H groups in total. The Morgan fingerprint density at radius 3 is 2.24 bits per heavy atom. The van der Waals surface area contributed by atoms with Gasteiger partial charge in [-0.25, -0.2) is 9.69 Å². The summed E-state index contributed by atoms with van der Waals surface area (Å²) < 4.78 is 5.06. The van der Waals surface area contributed by atoms with E-state index in [-0.39, 0.29) is 5.57 Å². The van der Waals surface area contributed by atoms with Crippen molar-refractivity contribution in [1.82, 2.24) is 5.32 Å². The molecule has 2 aromatic rings. The lowest BCUT2D eigenvalue weighted by Crippen LogP contribution is -2.54. The van der Waals surface area contributed by atoms with Gasteiger partial charge in [-0.2, -0.15) is 0 Å². The van der Waals surface area contributed by atoms with Gasteiger partial charge in [0.2, 0.25) is 0 Å². The molecule has 126 valence electrons. The number of benzene rings is 2. The smallest absolute Gasteiger partial charge is 0.335 e. The average molecular weight is 357 g/mol. The number of barbiturate groups is 1. The van der Waals surface area contributed by atoms with E-state index in [4.69, 9.17) is 16.3 Å². The van der Waals surface area contributed by atoms with Crippen LogP contribution in [-0.2, 0) is 9.59 Å². The molecule has 7 heteroatoms. The molecule has 0 spiro atoms. The minimum atomic E-state index is -0.798. The highest BCUT2D eigenvalue weighted by Gasteiger charge is 2.36. The second-order valence-corrected chi connectivity index (χ2v) is 5.64. The molecule has 0 saturated carbocycles. The molecule has 0 bridgehead atoms. The van der Waals surface area contributed by atoms with E-state index in [1.807, 2.05) is 0 Å². The van der Waals surface area contributed by atoms with Crippen molar-refractivity contribution >= 4 is 41.2 Å². The fourth-order valence-electron chi connectivity index (χ4n) is 2.35. The van der Waals surface area contributed by atoms with E-state index in [9.17, 15) is 14.4 Å². The first-order valence-corrected chi connectivity index (χ1v) is 7.68. The van der Waals surface area contributed by atoms with E-state index in [1.54, 1.807) is 48.5 Å². The van der Waals surface area contributed by atoms with Crippen LogP contribution in [0.2, 0.25) is 5.02 Å². The number of ether oxygens (including phenoxy) is 1. The van der Waals surface area contributed by atoms with Gasteiger partial charge in [0.05, 0.1) is 12.8 Å². The van der Waals surface area contributed by atoms with E-state index in [0.29, 0.717) is 22.0 Å². The van der Waals surface area contributed by atoms with Gasteiger partial charge in [-0.05, 0) is 48.0 Å². The van der Waals surface area contributed by atoms with Crippen molar-refractivity contribution < 1.29 is 19.1 Å². The molecule has 2 aromatic carbocycles. The number of nitrogens with zero attached hydrogens (tertiary/aromatic N) is 1. The summed E-state index contributed by atoms with van der Waals surface area (Å²) in [7, 11) is 1.51. The molecular weight excluding hydrogens is 344 g/mol. The van der Waals surface area contributed by atoms with E-state index in [2.05, 4.69) is 5.32 Å².